The zero-order valence-electron chi connectivity index (χ0n) is 10.9. The summed E-state index contributed by atoms with van der Waals surface area (Å²) in [6.07, 6.45) is 3.23. The fourth-order valence-corrected chi connectivity index (χ4v) is 2.69. The first-order chi connectivity index (χ1) is 8.15. The first-order valence-corrected chi connectivity index (χ1v) is 6.63. The highest BCUT2D eigenvalue weighted by molar-refractivity contribution is 5.21. The largest absolute Gasteiger partial charge is 0.393 e. The molecular formula is C15H23NO. The summed E-state index contributed by atoms with van der Waals surface area (Å²) in [5, 5.41) is 9.51. The third-order valence-electron chi connectivity index (χ3n) is 3.62. The Morgan fingerprint density at radius 2 is 2.06 bits per heavy atom. The molecule has 2 heteroatoms. The van der Waals surface area contributed by atoms with Gasteiger partial charge in [-0.2, -0.15) is 0 Å². The van der Waals surface area contributed by atoms with Gasteiger partial charge < -0.3 is 5.11 Å². The fourth-order valence-electron chi connectivity index (χ4n) is 2.69. The molecule has 0 amide bonds. The van der Waals surface area contributed by atoms with Crippen LogP contribution in [0.2, 0.25) is 0 Å². The maximum absolute atomic E-state index is 9.51. The summed E-state index contributed by atoms with van der Waals surface area (Å²) in [5.41, 5.74) is 2.70. The van der Waals surface area contributed by atoms with Gasteiger partial charge in [-0.3, -0.25) is 4.90 Å². The molecule has 94 valence electrons. The van der Waals surface area contributed by atoms with Gasteiger partial charge in [0.25, 0.3) is 0 Å². The number of hydrogen-bond acceptors (Lipinski definition) is 2. The van der Waals surface area contributed by atoms with E-state index in [4.69, 9.17) is 0 Å². The minimum absolute atomic E-state index is 0.182. The molecule has 2 nitrogen and oxygen atoms in total. The molecule has 17 heavy (non-hydrogen) atoms. The second-order valence-electron chi connectivity index (χ2n) is 5.34. The second-order valence-corrected chi connectivity index (χ2v) is 5.34. The first kappa shape index (κ1) is 12.6. The van der Waals surface area contributed by atoms with Crippen LogP contribution in [0.3, 0.4) is 0 Å². The summed E-state index contributed by atoms with van der Waals surface area (Å²) in [7, 11) is 0. The van der Waals surface area contributed by atoms with Gasteiger partial charge in [-0.15, -0.1) is 0 Å². The lowest BCUT2D eigenvalue weighted by Crippen LogP contribution is -2.31. The van der Waals surface area contributed by atoms with Crippen molar-refractivity contribution in [2.24, 2.45) is 0 Å². The number of rotatable bonds is 4. The minimum atomic E-state index is -0.182. The number of aliphatic hydroxyl groups excluding tert-OH is 1. The molecule has 0 saturated carbocycles. The van der Waals surface area contributed by atoms with Crippen LogP contribution in [0.15, 0.2) is 24.3 Å². The van der Waals surface area contributed by atoms with Gasteiger partial charge in [0.05, 0.1) is 6.10 Å². The number of aliphatic hydroxyl groups is 1. The normalized spacial score (nSPS) is 22.9. The molecular weight excluding hydrogens is 210 g/mol. The average Bonchev–Trinajstić information content (AvgIpc) is 2.68. The number of likely N-dealkylation sites (tertiary alicyclic amines) is 1. The molecule has 2 rings (SSSR count). The van der Waals surface area contributed by atoms with Gasteiger partial charge >= 0.3 is 0 Å². The van der Waals surface area contributed by atoms with Crippen LogP contribution in [0.25, 0.3) is 0 Å². The number of nitrogens with zero attached hydrogens (tertiary/aromatic N) is 1. The second kappa shape index (κ2) is 5.65. The molecule has 1 aromatic rings. The summed E-state index contributed by atoms with van der Waals surface area (Å²) >= 11 is 0. The van der Waals surface area contributed by atoms with Crippen LogP contribution >= 0.6 is 0 Å². The predicted octanol–water partition coefficient (Wildman–Crippen LogP) is 2.73. The average molecular weight is 233 g/mol. The maximum Gasteiger partial charge on any atom is 0.0527 e. The van der Waals surface area contributed by atoms with Crippen LogP contribution in [0.1, 0.15) is 37.3 Å². The summed E-state index contributed by atoms with van der Waals surface area (Å²) in [6.45, 7) is 6.21. The molecule has 2 unspecified atom stereocenters. The lowest BCUT2D eigenvalue weighted by molar-refractivity contribution is 0.131. The predicted molar refractivity (Wildman–Crippen MR) is 70.9 cm³/mol. The molecule has 0 spiro atoms. The van der Waals surface area contributed by atoms with E-state index in [-0.39, 0.29) is 6.10 Å². The topological polar surface area (TPSA) is 23.5 Å². The van der Waals surface area contributed by atoms with Crippen LogP contribution in [-0.4, -0.2) is 28.7 Å². The Morgan fingerprint density at radius 1 is 1.35 bits per heavy atom. The van der Waals surface area contributed by atoms with Crippen molar-refractivity contribution in [3.63, 3.8) is 0 Å². The van der Waals surface area contributed by atoms with Crippen LogP contribution < -0.4 is 0 Å². The van der Waals surface area contributed by atoms with Gasteiger partial charge in [0.15, 0.2) is 0 Å². The molecule has 1 aliphatic heterocycles. The molecule has 1 heterocycles. The number of benzene rings is 1. The first-order valence-electron chi connectivity index (χ1n) is 6.63. The molecule has 0 aliphatic carbocycles. The van der Waals surface area contributed by atoms with Gasteiger partial charge in [0, 0.05) is 12.6 Å². The summed E-state index contributed by atoms with van der Waals surface area (Å²) in [4.78, 5) is 2.51. The monoisotopic (exact) mass is 233 g/mol. The van der Waals surface area contributed by atoms with Gasteiger partial charge in [0.2, 0.25) is 0 Å². The van der Waals surface area contributed by atoms with E-state index in [0.717, 1.165) is 13.0 Å². The zero-order chi connectivity index (χ0) is 12.3. The summed E-state index contributed by atoms with van der Waals surface area (Å²) in [5.74, 6) is 0. The number of hydrogen-bond donors (Lipinski definition) is 1. The standard InChI is InChI=1S/C15H23NO/c1-12-5-7-14(8-6-12)11-16-9-3-4-15(16)10-13(2)17/h5-8,13,15,17H,3-4,9-11H2,1-2H3. The Balaban J connectivity index is 1.95. The van der Waals surface area contributed by atoms with Gasteiger partial charge in [-0.25, -0.2) is 0 Å². The molecule has 1 aromatic carbocycles. The van der Waals surface area contributed by atoms with E-state index in [9.17, 15) is 5.11 Å². The Kier molecular flexibility index (Phi) is 4.19. The molecule has 1 saturated heterocycles. The van der Waals surface area contributed by atoms with Crippen LogP contribution in [0, 0.1) is 6.92 Å². The van der Waals surface area contributed by atoms with Gasteiger partial charge in [0.1, 0.15) is 0 Å². The highest BCUT2D eigenvalue weighted by atomic mass is 16.3. The van der Waals surface area contributed by atoms with Crippen LogP contribution in [-0.2, 0) is 6.54 Å². The van der Waals surface area contributed by atoms with E-state index in [2.05, 4.69) is 36.1 Å². The Morgan fingerprint density at radius 3 is 2.71 bits per heavy atom. The Hall–Kier alpha value is -0.860. The van der Waals surface area contributed by atoms with Crippen molar-refractivity contribution >= 4 is 0 Å². The van der Waals surface area contributed by atoms with Crippen molar-refractivity contribution in [3.05, 3.63) is 35.4 Å². The smallest absolute Gasteiger partial charge is 0.0527 e. The molecule has 0 aromatic heterocycles. The fraction of sp³-hybridized carbons (Fsp3) is 0.600. The third kappa shape index (κ3) is 3.55. The zero-order valence-corrected chi connectivity index (χ0v) is 10.9. The van der Waals surface area contributed by atoms with E-state index in [1.807, 2.05) is 6.92 Å². The van der Waals surface area contributed by atoms with Crippen molar-refractivity contribution in [3.8, 4) is 0 Å². The van der Waals surface area contributed by atoms with Crippen molar-refractivity contribution in [1.82, 2.24) is 4.90 Å². The van der Waals surface area contributed by atoms with E-state index in [0.29, 0.717) is 6.04 Å². The van der Waals surface area contributed by atoms with Crippen molar-refractivity contribution in [1.29, 1.82) is 0 Å². The van der Waals surface area contributed by atoms with Gasteiger partial charge in [-0.05, 0) is 45.2 Å². The van der Waals surface area contributed by atoms with E-state index < -0.39 is 0 Å². The maximum atomic E-state index is 9.51. The molecule has 0 bridgehead atoms. The lowest BCUT2D eigenvalue weighted by atomic mass is 10.1. The van der Waals surface area contributed by atoms with Crippen molar-refractivity contribution in [2.75, 3.05) is 6.54 Å². The van der Waals surface area contributed by atoms with E-state index >= 15 is 0 Å². The summed E-state index contributed by atoms with van der Waals surface area (Å²) in [6, 6.07) is 9.35. The molecule has 1 aliphatic rings. The Labute approximate surface area is 104 Å². The highest BCUT2D eigenvalue weighted by Crippen LogP contribution is 2.23. The van der Waals surface area contributed by atoms with Gasteiger partial charge in [-0.1, -0.05) is 29.8 Å². The van der Waals surface area contributed by atoms with Crippen molar-refractivity contribution < 1.29 is 5.11 Å². The van der Waals surface area contributed by atoms with E-state index in [1.165, 1.54) is 30.5 Å². The lowest BCUT2D eigenvalue weighted by Gasteiger charge is -2.25. The number of aryl methyl sites for hydroxylation is 1. The van der Waals surface area contributed by atoms with Crippen LogP contribution in [0.4, 0.5) is 0 Å². The van der Waals surface area contributed by atoms with Crippen molar-refractivity contribution in [2.45, 2.75) is 51.8 Å². The quantitative estimate of drug-likeness (QED) is 0.864. The molecule has 1 fully saturated rings. The molecule has 2 atom stereocenters. The molecule has 1 N–H and O–H groups in total. The summed E-state index contributed by atoms with van der Waals surface area (Å²) < 4.78 is 0. The minimum Gasteiger partial charge on any atom is -0.393 e. The Bertz CT molecular complexity index is 344. The highest BCUT2D eigenvalue weighted by Gasteiger charge is 2.25. The SMILES string of the molecule is Cc1ccc(CN2CCCC2CC(C)O)cc1. The van der Waals surface area contributed by atoms with E-state index in [1.54, 1.807) is 0 Å². The van der Waals surface area contributed by atoms with Crippen LogP contribution in [0.5, 0.6) is 0 Å². The third-order valence-corrected chi connectivity index (χ3v) is 3.62. The molecule has 0 radical (unpaired) electrons.